The van der Waals surface area contributed by atoms with Crippen molar-refractivity contribution in [3.8, 4) is 23.1 Å². The summed E-state index contributed by atoms with van der Waals surface area (Å²) in [6, 6.07) is 12.1. The third-order valence-corrected chi connectivity index (χ3v) is 9.97. The van der Waals surface area contributed by atoms with Crippen molar-refractivity contribution >= 4 is 35.3 Å². The summed E-state index contributed by atoms with van der Waals surface area (Å²) >= 11 is 0. The summed E-state index contributed by atoms with van der Waals surface area (Å²) < 4.78 is 4.75. The number of alkyl carbamates (subject to hydrolysis) is 1. The monoisotopic (exact) mass is 736 g/mol. The van der Waals surface area contributed by atoms with Crippen molar-refractivity contribution in [2.75, 3.05) is 27.3 Å². The molecule has 2 aromatic heterocycles. The van der Waals surface area contributed by atoms with Crippen LogP contribution >= 0.6 is 0 Å². The number of aromatic nitrogens is 4. The van der Waals surface area contributed by atoms with E-state index in [4.69, 9.17) is 19.6 Å². The fraction of sp³-hybridized carbons (Fsp3) is 0.450. The lowest BCUT2D eigenvalue weighted by Crippen LogP contribution is -2.51. The lowest BCUT2D eigenvalue weighted by molar-refractivity contribution is -0.188. The van der Waals surface area contributed by atoms with Crippen LogP contribution in [0.3, 0.4) is 0 Å². The summed E-state index contributed by atoms with van der Waals surface area (Å²) in [5.41, 5.74) is 5.03. The number of hydrogen-bond donors (Lipinski definition) is 3. The lowest BCUT2D eigenvalue weighted by atomic mass is 10.0. The molecular weight excluding hydrogens is 688 g/mol. The molecule has 2 saturated heterocycles. The van der Waals surface area contributed by atoms with E-state index >= 15 is 0 Å². The number of aromatic amines is 2. The first kappa shape index (κ1) is 38.1. The maximum atomic E-state index is 13.5. The average molecular weight is 737 g/mol. The number of benzene rings is 2. The minimum atomic E-state index is -0.688. The van der Waals surface area contributed by atoms with Crippen LogP contribution in [0.25, 0.3) is 22.3 Å². The highest BCUT2D eigenvalue weighted by Gasteiger charge is 2.38. The van der Waals surface area contributed by atoms with Gasteiger partial charge < -0.3 is 34.7 Å². The fourth-order valence-electron chi connectivity index (χ4n) is 7.12. The molecule has 2 fully saturated rings. The van der Waals surface area contributed by atoms with E-state index in [1.54, 1.807) is 4.90 Å². The molecule has 2 aliphatic rings. The van der Waals surface area contributed by atoms with Gasteiger partial charge in [0, 0.05) is 36.0 Å². The number of carbonyl (C=O) groups excluding carboxylic acids is 3. The molecule has 6 rings (SSSR count). The zero-order valence-corrected chi connectivity index (χ0v) is 31.6. The van der Waals surface area contributed by atoms with E-state index < -0.39 is 18.2 Å². The number of nitrogens with zero attached hydrogens (tertiary/aromatic N) is 5. The average Bonchev–Trinajstić information content (AvgIpc) is 4.00. The zero-order chi connectivity index (χ0) is 38.4. The molecule has 4 atom stereocenters. The van der Waals surface area contributed by atoms with Gasteiger partial charge in [-0.1, -0.05) is 51.7 Å². The van der Waals surface area contributed by atoms with Crippen molar-refractivity contribution in [2.45, 2.75) is 77.5 Å². The molecule has 0 bridgehead atoms. The molecule has 3 amide bonds. The van der Waals surface area contributed by atoms with E-state index in [2.05, 4.69) is 37.0 Å². The van der Waals surface area contributed by atoms with E-state index in [1.807, 2.05) is 81.3 Å². The Hall–Kier alpha value is -5.68. The number of ether oxygens (including phenoxy) is 1. The zero-order valence-electron chi connectivity index (χ0n) is 31.6. The molecular formula is C40H48N8O6. The maximum Gasteiger partial charge on any atom is 0.407 e. The van der Waals surface area contributed by atoms with Gasteiger partial charge in [-0.3, -0.25) is 9.59 Å². The lowest BCUT2D eigenvalue weighted by Gasteiger charge is -2.29. The van der Waals surface area contributed by atoms with E-state index in [1.165, 1.54) is 20.6 Å². The van der Waals surface area contributed by atoms with Gasteiger partial charge in [-0.05, 0) is 67.9 Å². The molecule has 2 aliphatic heterocycles. The van der Waals surface area contributed by atoms with Crippen LogP contribution < -0.4 is 5.32 Å². The summed E-state index contributed by atoms with van der Waals surface area (Å²) in [4.78, 5) is 72.8. The molecule has 284 valence electrons. The minimum Gasteiger partial charge on any atom is -0.453 e. The van der Waals surface area contributed by atoms with Crippen LogP contribution in [0.1, 0.15) is 88.2 Å². The summed E-state index contributed by atoms with van der Waals surface area (Å²) in [6.45, 7) is 8.94. The summed E-state index contributed by atoms with van der Waals surface area (Å²) in [7, 11) is 2.68. The number of likely N-dealkylation sites (tertiary alicyclic amines) is 2. The predicted molar refractivity (Wildman–Crippen MR) is 203 cm³/mol. The van der Waals surface area contributed by atoms with E-state index in [-0.39, 0.29) is 35.7 Å². The number of H-pyrrole nitrogens is 2. The van der Waals surface area contributed by atoms with Crippen molar-refractivity contribution in [3.05, 3.63) is 71.4 Å². The van der Waals surface area contributed by atoms with Gasteiger partial charge in [-0.15, -0.1) is 0 Å². The number of methoxy groups -OCH3 is 1. The first-order valence-electron chi connectivity index (χ1n) is 18.4. The van der Waals surface area contributed by atoms with Crippen molar-refractivity contribution in [2.24, 2.45) is 16.8 Å². The number of fused-ring (bicyclic) bond motifs is 1. The van der Waals surface area contributed by atoms with Crippen molar-refractivity contribution in [3.63, 3.8) is 0 Å². The Morgan fingerprint density at radius 3 is 2.22 bits per heavy atom. The van der Waals surface area contributed by atoms with Crippen LogP contribution in [-0.2, 0) is 24.1 Å². The second-order valence-corrected chi connectivity index (χ2v) is 14.3. The normalized spacial score (nSPS) is 18.3. The molecule has 3 N–H and O–H groups in total. The van der Waals surface area contributed by atoms with Gasteiger partial charge in [0.05, 0.1) is 43.0 Å². The Morgan fingerprint density at radius 2 is 1.56 bits per heavy atom. The number of rotatable bonds is 11. The van der Waals surface area contributed by atoms with Crippen molar-refractivity contribution in [1.82, 2.24) is 35.1 Å². The molecule has 14 heteroatoms. The SMILES string of the molecule is COO/C=N/[C@H](C(=O)N1CCC[C@H]1c1nc2cc(C#Cc3ccc(-c4c[nH]c([C@@H]5CCCN5C(=O)[C@@H](NC(=O)OC)C(C)C)n4)cc3)ccc2[nH]1)C(C)C. The third kappa shape index (κ3) is 8.42. The van der Waals surface area contributed by atoms with Gasteiger partial charge in [0.25, 0.3) is 0 Å². The topological polar surface area (TPSA) is 167 Å². The Labute approximate surface area is 315 Å². The van der Waals surface area contributed by atoms with Crippen molar-refractivity contribution < 1.29 is 28.9 Å². The number of imidazole rings is 2. The first-order chi connectivity index (χ1) is 26.1. The molecule has 0 unspecified atom stereocenters. The van der Waals surface area contributed by atoms with Crippen molar-refractivity contribution in [1.29, 1.82) is 0 Å². The molecule has 2 aromatic carbocycles. The molecule has 0 radical (unpaired) electrons. The van der Waals surface area contributed by atoms with Gasteiger partial charge in [0.15, 0.2) is 0 Å². The van der Waals surface area contributed by atoms with Gasteiger partial charge in [-0.2, -0.15) is 4.89 Å². The van der Waals surface area contributed by atoms with Gasteiger partial charge in [0.1, 0.15) is 23.7 Å². The highest BCUT2D eigenvalue weighted by molar-refractivity contribution is 5.86. The van der Waals surface area contributed by atoms with E-state index in [9.17, 15) is 14.4 Å². The van der Waals surface area contributed by atoms with Crippen LogP contribution in [-0.4, -0.2) is 93.4 Å². The van der Waals surface area contributed by atoms with Gasteiger partial charge in [0.2, 0.25) is 18.2 Å². The number of carbonyl (C=O) groups is 3. The van der Waals surface area contributed by atoms with Crippen LogP contribution in [0, 0.1) is 23.7 Å². The first-order valence-corrected chi connectivity index (χ1v) is 18.4. The standard InChI is InChI=1S/C40H48N8O6/c1-24(2)34(42-23-54-53-6)38(49)48-20-8-10-33(48)37-43-29-18-15-27(21-30(29)44-37)12-11-26-13-16-28(17-14-26)31-22-41-36(45-31)32-9-7-19-47(32)39(50)35(25(3)4)46-40(51)52-5/h13-18,21-25,32-35H,7-10,19-20H2,1-6H3,(H,41,45)(H,43,44)(H,46,51)/b42-23+/t32-,33-,34-,35-/m0/s1. The Balaban J connectivity index is 1.12. The largest absolute Gasteiger partial charge is 0.453 e. The number of aliphatic imine (C=N–C) groups is 1. The third-order valence-electron chi connectivity index (χ3n) is 9.97. The van der Waals surface area contributed by atoms with Crippen LogP contribution in [0.15, 0.2) is 53.7 Å². The molecule has 0 spiro atoms. The van der Waals surface area contributed by atoms with Crippen LogP contribution in [0.2, 0.25) is 0 Å². The summed E-state index contributed by atoms with van der Waals surface area (Å²) in [5, 5.41) is 2.69. The Morgan fingerprint density at radius 1 is 0.889 bits per heavy atom. The van der Waals surface area contributed by atoms with Gasteiger partial charge in [-0.25, -0.2) is 19.8 Å². The Kier molecular flexibility index (Phi) is 12.0. The minimum absolute atomic E-state index is 0.0175. The summed E-state index contributed by atoms with van der Waals surface area (Å²) in [6.07, 6.45) is 5.72. The van der Waals surface area contributed by atoms with E-state index in [0.717, 1.165) is 64.9 Å². The second-order valence-electron chi connectivity index (χ2n) is 14.3. The smallest absolute Gasteiger partial charge is 0.407 e. The summed E-state index contributed by atoms with van der Waals surface area (Å²) in [5.74, 6) is 7.65. The van der Waals surface area contributed by atoms with Gasteiger partial charge >= 0.3 is 6.09 Å². The predicted octanol–water partition coefficient (Wildman–Crippen LogP) is 5.69. The molecule has 4 aromatic rings. The number of hydrogen-bond acceptors (Lipinski definition) is 9. The number of amides is 3. The molecule has 0 aliphatic carbocycles. The second kappa shape index (κ2) is 17.0. The molecule has 4 heterocycles. The fourth-order valence-corrected chi connectivity index (χ4v) is 7.12. The van der Waals surface area contributed by atoms with Crippen LogP contribution in [0.5, 0.6) is 0 Å². The molecule has 14 nitrogen and oxygen atoms in total. The molecule has 0 saturated carbocycles. The molecule has 54 heavy (non-hydrogen) atoms. The van der Waals surface area contributed by atoms with E-state index in [0.29, 0.717) is 18.9 Å². The maximum absolute atomic E-state index is 13.5. The quantitative estimate of drug-likeness (QED) is 0.0581. The van der Waals surface area contributed by atoms with Crippen LogP contribution in [0.4, 0.5) is 4.79 Å². The Bertz CT molecular complexity index is 2040. The highest BCUT2D eigenvalue weighted by atomic mass is 17.2. The number of nitrogens with one attached hydrogen (secondary N) is 3. The highest BCUT2D eigenvalue weighted by Crippen LogP contribution is 2.34.